The fourth-order valence-corrected chi connectivity index (χ4v) is 3.32. The summed E-state index contributed by atoms with van der Waals surface area (Å²) < 4.78 is 24.0. The molecule has 16 heavy (non-hydrogen) atoms. The Morgan fingerprint density at radius 2 is 1.69 bits per heavy atom. The van der Waals surface area contributed by atoms with E-state index in [0.717, 1.165) is 19.4 Å². The number of rotatable bonds is 8. The summed E-state index contributed by atoms with van der Waals surface area (Å²) >= 11 is 0. The molecule has 0 radical (unpaired) electrons. The van der Waals surface area contributed by atoms with Crippen molar-refractivity contribution in [2.45, 2.75) is 58.8 Å². The topological polar surface area (TPSA) is 46.2 Å². The van der Waals surface area contributed by atoms with E-state index in [2.05, 4.69) is 26.1 Å². The molecule has 0 saturated carbocycles. The van der Waals surface area contributed by atoms with E-state index < -0.39 is 9.84 Å². The van der Waals surface area contributed by atoms with E-state index in [0.29, 0.717) is 11.7 Å². The van der Waals surface area contributed by atoms with E-state index in [-0.39, 0.29) is 11.3 Å². The largest absolute Gasteiger partial charge is 0.313 e. The molecule has 0 aromatic heterocycles. The highest BCUT2D eigenvalue weighted by atomic mass is 32.2. The van der Waals surface area contributed by atoms with Gasteiger partial charge in [0.1, 0.15) is 0 Å². The first-order chi connectivity index (χ1) is 7.31. The Kier molecular flexibility index (Phi) is 7.24. The second-order valence-electron chi connectivity index (χ2n) is 5.00. The predicted octanol–water partition coefficient (Wildman–Crippen LogP) is 2.22. The molecule has 1 N–H and O–H groups in total. The van der Waals surface area contributed by atoms with Crippen LogP contribution < -0.4 is 5.32 Å². The van der Waals surface area contributed by atoms with Crippen molar-refractivity contribution in [1.29, 1.82) is 0 Å². The van der Waals surface area contributed by atoms with Gasteiger partial charge in [-0.05, 0) is 39.2 Å². The van der Waals surface area contributed by atoms with Gasteiger partial charge in [-0.25, -0.2) is 8.42 Å². The number of hydrogen-bond donors (Lipinski definition) is 1. The van der Waals surface area contributed by atoms with E-state index in [1.807, 2.05) is 13.8 Å². The van der Waals surface area contributed by atoms with Gasteiger partial charge in [0.25, 0.3) is 0 Å². The third-order valence-electron chi connectivity index (χ3n) is 2.97. The molecule has 0 aromatic rings. The first kappa shape index (κ1) is 15.9. The monoisotopic (exact) mass is 249 g/mol. The van der Waals surface area contributed by atoms with Crippen LogP contribution in [-0.4, -0.2) is 32.0 Å². The lowest BCUT2D eigenvalue weighted by Crippen LogP contribution is -2.41. The molecule has 2 unspecified atom stereocenters. The average molecular weight is 249 g/mol. The summed E-state index contributed by atoms with van der Waals surface area (Å²) in [5.74, 6) is 0.755. The van der Waals surface area contributed by atoms with Crippen LogP contribution in [0.3, 0.4) is 0 Å². The summed E-state index contributed by atoms with van der Waals surface area (Å²) in [6.45, 7) is 10.8. The maximum Gasteiger partial charge on any atom is 0.154 e. The molecule has 0 aromatic carbocycles. The standard InChI is InChI=1S/C12H27NO2S/c1-6-8-13-11(4)12(5)16(14,15)9-7-10(2)3/h10-13H,6-9H2,1-5H3. The molecule has 0 aliphatic heterocycles. The minimum absolute atomic E-state index is 0.0390. The number of nitrogens with one attached hydrogen (secondary N) is 1. The molecule has 2 atom stereocenters. The Balaban J connectivity index is 4.27. The summed E-state index contributed by atoms with van der Waals surface area (Å²) in [4.78, 5) is 0. The summed E-state index contributed by atoms with van der Waals surface area (Å²) in [5.41, 5.74) is 0. The SMILES string of the molecule is CCCNC(C)C(C)S(=O)(=O)CCC(C)C. The molecule has 0 aliphatic rings. The van der Waals surface area contributed by atoms with Crippen LogP contribution >= 0.6 is 0 Å². The van der Waals surface area contributed by atoms with Gasteiger partial charge in [0, 0.05) is 6.04 Å². The van der Waals surface area contributed by atoms with Crippen molar-refractivity contribution in [3.8, 4) is 0 Å². The van der Waals surface area contributed by atoms with Crippen molar-refractivity contribution >= 4 is 9.84 Å². The summed E-state index contributed by atoms with van der Waals surface area (Å²) in [6, 6.07) is 0.0390. The molecule has 0 fully saturated rings. The van der Waals surface area contributed by atoms with Crippen LogP contribution in [0.5, 0.6) is 0 Å². The van der Waals surface area contributed by atoms with Crippen molar-refractivity contribution in [2.24, 2.45) is 5.92 Å². The second-order valence-corrected chi connectivity index (χ2v) is 7.47. The quantitative estimate of drug-likeness (QED) is 0.717. The fraction of sp³-hybridized carbons (Fsp3) is 1.00. The van der Waals surface area contributed by atoms with Crippen molar-refractivity contribution in [3.05, 3.63) is 0 Å². The highest BCUT2D eigenvalue weighted by Crippen LogP contribution is 2.11. The van der Waals surface area contributed by atoms with Gasteiger partial charge in [-0.1, -0.05) is 20.8 Å². The van der Waals surface area contributed by atoms with E-state index in [1.54, 1.807) is 0 Å². The maximum absolute atomic E-state index is 12.0. The molecule has 4 heteroatoms. The molecule has 98 valence electrons. The Bertz CT molecular complexity index is 273. The van der Waals surface area contributed by atoms with Crippen LogP contribution in [0.15, 0.2) is 0 Å². The van der Waals surface area contributed by atoms with Gasteiger partial charge in [0.05, 0.1) is 11.0 Å². The molecule has 0 saturated heterocycles. The average Bonchev–Trinajstić information content (AvgIpc) is 2.22. The van der Waals surface area contributed by atoms with Crippen LogP contribution in [0, 0.1) is 5.92 Å². The maximum atomic E-state index is 12.0. The van der Waals surface area contributed by atoms with Crippen LogP contribution in [0.2, 0.25) is 0 Å². The molecule has 0 rings (SSSR count). The Hall–Kier alpha value is -0.0900. The van der Waals surface area contributed by atoms with Gasteiger partial charge in [-0.15, -0.1) is 0 Å². The normalized spacial score (nSPS) is 16.4. The van der Waals surface area contributed by atoms with Gasteiger partial charge in [0.2, 0.25) is 0 Å². The lowest BCUT2D eigenvalue weighted by Gasteiger charge is -2.21. The van der Waals surface area contributed by atoms with Crippen molar-refractivity contribution in [2.75, 3.05) is 12.3 Å². The minimum atomic E-state index is -2.95. The Labute approximate surface area is 101 Å². The molecule has 0 aliphatic carbocycles. The molecular weight excluding hydrogens is 222 g/mol. The van der Waals surface area contributed by atoms with Crippen LogP contribution in [0.25, 0.3) is 0 Å². The van der Waals surface area contributed by atoms with E-state index >= 15 is 0 Å². The summed E-state index contributed by atoms with van der Waals surface area (Å²) in [5, 5.41) is 2.95. The number of sulfone groups is 1. The smallest absolute Gasteiger partial charge is 0.154 e. The summed E-state index contributed by atoms with van der Waals surface area (Å²) in [6.07, 6.45) is 1.79. The molecular formula is C12H27NO2S. The highest BCUT2D eigenvalue weighted by molar-refractivity contribution is 7.92. The predicted molar refractivity (Wildman–Crippen MR) is 70.5 cm³/mol. The fourth-order valence-electron chi connectivity index (χ4n) is 1.43. The third-order valence-corrected chi connectivity index (χ3v) is 5.31. The van der Waals surface area contributed by atoms with Crippen LogP contribution in [0.4, 0.5) is 0 Å². The van der Waals surface area contributed by atoms with Gasteiger partial charge in [0.15, 0.2) is 9.84 Å². The Morgan fingerprint density at radius 1 is 1.12 bits per heavy atom. The van der Waals surface area contributed by atoms with E-state index in [1.165, 1.54) is 0 Å². The number of hydrogen-bond acceptors (Lipinski definition) is 3. The minimum Gasteiger partial charge on any atom is -0.313 e. The highest BCUT2D eigenvalue weighted by Gasteiger charge is 2.25. The van der Waals surface area contributed by atoms with Gasteiger partial charge in [-0.2, -0.15) is 0 Å². The first-order valence-electron chi connectivity index (χ1n) is 6.26. The second kappa shape index (κ2) is 7.28. The van der Waals surface area contributed by atoms with E-state index in [4.69, 9.17) is 0 Å². The van der Waals surface area contributed by atoms with Gasteiger partial charge in [-0.3, -0.25) is 0 Å². The Morgan fingerprint density at radius 3 is 2.12 bits per heavy atom. The van der Waals surface area contributed by atoms with Crippen LogP contribution in [0.1, 0.15) is 47.5 Å². The van der Waals surface area contributed by atoms with Crippen molar-refractivity contribution in [3.63, 3.8) is 0 Å². The van der Waals surface area contributed by atoms with Crippen molar-refractivity contribution < 1.29 is 8.42 Å². The third kappa shape index (κ3) is 5.85. The van der Waals surface area contributed by atoms with Gasteiger partial charge < -0.3 is 5.32 Å². The molecule has 0 bridgehead atoms. The zero-order chi connectivity index (χ0) is 12.8. The summed E-state index contributed by atoms with van der Waals surface area (Å²) in [7, 11) is -2.95. The molecule has 0 heterocycles. The molecule has 0 amide bonds. The van der Waals surface area contributed by atoms with Crippen LogP contribution in [-0.2, 0) is 9.84 Å². The molecule has 0 spiro atoms. The van der Waals surface area contributed by atoms with E-state index in [9.17, 15) is 8.42 Å². The van der Waals surface area contributed by atoms with Gasteiger partial charge >= 0.3 is 0 Å². The zero-order valence-electron chi connectivity index (χ0n) is 11.3. The van der Waals surface area contributed by atoms with Crippen molar-refractivity contribution in [1.82, 2.24) is 5.32 Å². The molecule has 3 nitrogen and oxygen atoms in total. The lowest BCUT2D eigenvalue weighted by molar-refractivity contribution is 0.504. The lowest BCUT2D eigenvalue weighted by atomic mass is 10.2. The zero-order valence-corrected chi connectivity index (χ0v) is 12.1. The first-order valence-corrected chi connectivity index (χ1v) is 7.97.